The molecule has 3 N–H and O–H groups in total. The summed E-state index contributed by atoms with van der Waals surface area (Å²) >= 11 is 0. The predicted octanol–water partition coefficient (Wildman–Crippen LogP) is 1.77. The number of aryl methyl sites for hydroxylation is 1. The van der Waals surface area contributed by atoms with Crippen molar-refractivity contribution in [2.75, 3.05) is 0 Å². The number of hydrogen-bond donors (Lipinski definition) is 2. The van der Waals surface area contributed by atoms with Crippen molar-refractivity contribution in [3.05, 3.63) is 53.6 Å². The van der Waals surface area contributed by atoms with Crippen LogP contribution < -0.4 is 5.73 Å². The molecule has 1 heterocycles. The minimum absolute atomic E-state index is 0.162. The average molecular weight is 187 g/mol. The fourth-order valence-corrected chi connectivity index (χ4v) is 1.41. The topological polar surface area (TPSA) is 54.7 Å². The molecule has 1 atom stereocenters. The van der Waals surface area contributed by atoms with Crippen molar-refractivity contribution in [2.45, 2.75) is 13.0 Å². The van der Waals surface area contributed by atoms with E-state index >= 15 is 0 Å². The molecule has 2 rings (SSSR count). The van der Waals surface area contributed by atoms with E-state index in [-0.39, 0.29) is 6.04 Å². The van der Waals surface area contributed by atoms with E-state index in [9.17, 15) is 0 Å². The molecule has 0 radical (unpaired) electrons. The monoisotopic (exact) mass is 187 g/mol. The standard InChI is InChI=1S/C11H13N3/c1-8-7-13-11(14-8)10(12)9-5-3-2-4-6-9/h2-7,10H,12H2,1H3,(H,13,14)/t10-/m0/s1. The molecule has 72 valence electrons. The molecule has 0 unspecified atom stereocenters. The van der Waals surface area contributed by atoms with E-state index in [0.29, 0.717) is 0 Å². The first-order chi connectivity index (χ1) is 6.77. The smallest absolute Gasteiger partial charge is 0.127 e. The number of H-pyrrole nitrogens is 1. The Morgan fingerprint density at radius 3 is 2.57 bits per heavy atom. The van der Waals surface area contributed by atoms with Gasteiger partial charge in [0.05, 0.1) is 6.04 Å². The first kappa shape index (κ1) is 8.97. The minimum Gasteiger partial charge on any atom is -0.345 e. The van der Waals surface area contributed by atoms with Crippen LogP contribution in [0.2, 0.25) is 0 Å². The van der Waals surface area contributed by atoms with Gasteiger partial charge in [-0.25, -0.2) is 4.98 Å². The molecule has 0 aliphatic carbocycles. The maximum Gasteiger partial charge on any atom is 0.127 e. The summed E-state index contributed by atoms with van der Waals surface area (Å²) < 4.78 is 0. The molecule has 0 aliphatic rings. The van der Waals surface area contributed by atoms with Crippen LogP contribution in [0, 0.1) is 6.92 Å². The molecule has 1 aromatic heterocycles. The van der Waals surface area contributed by atoms with Crippen LogP contribution in [0.5, 0.6) is 0 Å². The molecule has 0 saturated heterocycles. The highest BCUT2D eigenvalue weighted by Gasteiger charge is 2.10. The molecular weight excluding hydrogens is 174 g/mol. The Morgan fingerprint density at radius 2 is 2.00 bits per heavy atom. The van der Waals surface area contributed by atoms with E-state index in [4.69, 9.17) is 5.73 Å². The van der Waals surface area contributed by atoms with Crippen molar-refractivity contribution in [1.82, 2.24) is 9.97 Å². The molecule has 0 amide bonds. The fourth-order valence-electron chi connectivity index (χ4n) is 1.41. The normalized spacial score (nSPS) is 12.7. The van der Waals surface area contributed by atoms with E-state index in [1.54, 1.807) is 6.20 Å². The number of nitrogens with two attached hydrogens (primary N) is 1. The number of hydrogen-bond acceptors (Lipinski definition) is 2. The number of nitrogens with zero attached hydrogens (tertiary/aromatic N) is 1. The summed E-state index contributed by atoms with van der Waals surface area (Å²) in [4.78, 5) is 7.35. The van der Waals surface area contributed by atoms with Crippen molar-refractivity contribution in [3.63, 3.8) is 0 Å². The Balaban J connectivity index is 2.29. The van der Waals surface area contributed by atoms with Crippen LogP contribution in [0.3, 0.4) is 0 Å². The highest BCUT2D eigenvalue weighted by molar-refractivity contribution is 5.24. The quantitative estimate of drug-likeness (QED) is 0.752. The van der Waals surface area contributed by atoms with Gasteiger partial charge in [-0.15, -0.1) is 0 Å². The van der Waals surface area contributed by atoms with Gasteiger partial charge < -0.3 is 10.7 Å². The van der Waals surface area contributed by atoms with Crippen LogP contribution in [0.4, 0.5) is 0 Å². The van der Waals surface area contributed by atoms with Gasteiger partial charge in [-0.3, -0.25) is 0 Å². The van der Waals surface area contributed by atoms with E-state index < -0.39 is 0 Å². The average Bonchev–Trinajstić information content (AvgIpc) is 2.65. The number of imidazole rings is 1. The summed E-state index contributed by atoms with van der Waals surface area (Å²) in [6.45, 7) is 1.97. The summed E-state index contributed by atoms with van der Waals surface area (Å²) in [5, 5.41) is 0. The molecule has 3 nitrogen and oxygen atoms in total. The molecule has 0 spiro atoms. The Kier molecular flexibility index (Phi) is 2.33. The van der Waals surface area contributed by atoms with Gasteiger partial charge in [0.2, 0.25) is 0 Å². The van der Waals surface area contributed by atoms with Crippen LogP contribution >= 0.6 is 0 Å². The maximum absolute atomic E-state index is 6.04. The van der Waals surface area contributed by atoms with Crippen molar-refractivity contribution in [1.29, 1.82) is 0 Å². The zero-order valence-electron chi connectivity index (χ0n) is 8.07. The summed E-state index contributed by atoms with van der Waals surface area (Å²) in [6.07, 6.45) is 1.79. The maximum atomic E-state index is 6.04. The molecule has 0 aliphatic heterocycles. The zero-order chi connectivity index (χ0) is 9.97. The van der Waals surface area contributed by atoms with Gasteiger partial charge in [-0.05, 0) is 12.5 Å². The van der Waals surface area contributed by atoms with Gasteiger partial charge in [0.25, 0.3) is 0 Å². The Hall–Kier alpha value is -1.61. The molecule has 0 bridgehead atoms. The van der Waals surface area contributed by atoms with Gasteiger partial charge in [0, 0.05) is 11.9 Å². The molecule has 14 heavy (non-hydrogen) atoms. The first-order valence-electron chi connectivity index (χ1n) is 4.59. The zero-order valence-corrected chi connectivity index (χ0v) is 8.07. The lowest BCUT2D eigenvalue weighted by atomic mass is 10.1. The van der Waals surface area contributed by atoms with E-state index in [1.165, 1.54) is 0 Å². The van der Waals surface area contributed by atoms with Crippen molar-refractivity contribution < 1.29 is 0 Å². The SMILES string of the molecule is Cc1cnc([C@@H](N)c2ccccc2)[nH]1. The lowest BCUT2D eigenvalue weighted by Gasteiger charge is -2.08. The van der Waals surface area contributed by atoms with Crippen molar-refractivity contribution in [2.24, 2.45) is 5.73 Å². The van der Waals surface area contributed by atoms with Gasteiger partial charge in [-0.2, -0.15) is 0 Å². The summed E-state index contributed by atoms with van der Waals surface area (Å²) in [6, 6.07) is 9.77. The van der Waals surface area contributed by atoms with Crippen molar-refractivity contribution >= 4 is 0 Å². The molecule has 1 aromatic carbocycles. The number of rotatable bonds is 2. The van der Waals surface area contributed by atoms with E-state index in [0.717, 1.165) is 17.1 Å². The fraction of sp³-hybridized carbons (Fsp3) is 0.182. The number of aromatic amines is 1. The minimum atomic E-state index is -0.162. The predicted molar refractivity (Wildman–Crippen MR) is 55.8 cm³/mol. The van der Waals surface area contributed by atoms with Crippen LogP contribution in [-0.4, -0.2) is 9.97 Å². The summed E-state index contributed by atoms with van der Waals surface area (Å²) in [5.74, 6) is 0.814. The second-order valence-corrected chi connectivity index (χ2v) is 3.34. The summed E-state index contributed by atoms with van der Waals surface area (Å²) in [5.41, 5.74) is 8.14. The van der Waals surface area contributed by atoms with Crippen LogP contribution in [0.1, 0.15) is 23.1 Å². The number of benzene rings is 1. The Morgan fingerprint density at radius 1 is 1.29 bits per heavy atom. The largest absolute Gasteiger partial charge is 0.345 e. The molecule has 2 aromatic rings. The second-order valence-electron chi connectivity index (χ2n) is 3.34. The van der Waals surface area contributed by atoms with Gasteiger partial charge in [0.15, 0.2) is 0 Å². The number of nitrogens with one attached hydrogen (secondary N) is 1. The first-order valence-corrected chi connectivity index (χ1v) is 4.59. The highest BCUT2D eigenvalue weighted by Crippen LogP contribution is 2.15. The Labute approximate surface area is 83.0 Å². The lowest BCUT2D eigenvalue weighted by molar-refractivity contribution is 0.798. The van der Waals surface area contributed by atoms with Crippen LogP contribution in [0.25, 0.3) is 0 Å². The van der Waals surface area contributed by atoms with Gasteiger partial charge in [-0.1, -0.05) is 30.3 Å². The van der Waals surface area contributed by atoms with Gasteiger partial charge >= 0.3 is 0 Å². The molecule has 3 heteroatoms. The summed E-state index contributed by atoms with van der Waals surface area (Å²) in [7, 11) is 0. The third-order valence-corrected chi connectivity index (χ3v) is 2.18. The van der Waals surface area contributed by atoms with Crippen molar-refractivity contribution in [3.8, 4) is 0 Å². The molecule has 0 saturated carbocycles. The second kappa shape index (κ2) is 3.64. The number of aromatic nitrogens is 2. The highest BCUT2D eigenvalue weighted by atomic mass is 14.9. The molecule has 0 fully saturated rings. The van der Waals surface area contributed by atoms with Crippen LogP contribution in [0.15, 0.2) is 36.5 Å². The van der Waals surface area contributed by atoms with Crippen LogP contribution in [-0.2, 0) is 0 Å². The molecular formula is C11H13N3. The van der Waals surface area contributed by atoms with E-state index in [1.807, 2.05) is 37.3 Å². The third kappa shape index (κ3) is 1.67. The Bertz CT molecular complexity index is 405. The lowest BCUT2D eigenvalue weighted by Crippen LogP contribution is -2.13. The van der Waals surface area contributed by atoms with Gasteiger partial charge in [0.1, 0.15) is 5.82 Å². The third-order valence-electron chi connectivity index (χ3n) is 2.18. The van der Waals surface area contributed by atoms with E-state index in [2.05, 4.69) is 9.97 Å².